The number of hydrogen-bond acceptors (Lipinski definition) is 2. The first kappa shape index (κ1) is 14.7. The topological polar surface area (TPSA) is 38.9 Å². The Hall–Kier alpha value is -1.35. The van der Waals surface area contributed by atoms with Gasteiger partial charge < -0.3 is 5.73 Å². The third-order valence-electron chi connectivity index (χ3n) is 2.88. The lowest BCUT2D eigenvalue weighted by molar-refractivity contribution is 1.02. The fraction of sp³-hybridized carbons (Fsp3) is 0.0714. The molecule has 0 bridgehead atoms. The Morgan fingerprint density at radius 1 is 0.778 bits per heavy atom. The van der Waals surface area contributed by atoms with Gasteiger partial charge in [-0.2, -0.15) is 0 Å². The lowest BCUT2D eigenvalue weighted by atomic mass is 10.0. The zero-order valence-electron chi connectivity index (χ0n) is 9.67. The number of pyridine rings is 1. The second-order valence-corrected chi connectivity index (χ2v) is 3.83. The van der Waals surface area contributed by atoms with Crippen LogP contribution in [-0.2, 0) is 6.54 Å². The number of rotatable bonds is 1. The predicted octanol–water partition coefficient (Wildman–Crippen LogP) is 3.69. The Morgan fingerprint density at radius 2 is 1.33 bits per heavy atom. The van der Waals surface area contributed by atoms with E-state index in [9.17, 15) is 0 Å². The van der Waals surface area contributed by atoms with Crippen LogP contribution in [0.15, 0.2) is 48.5 Å². The van der Waals surface area contributed by atoms with Gasteiger partial charge in [-0.15, -0.1) is 24.8 Å². The van der Waals surface area contributed by atoms with E-state index in [4.69, 9.17) is 5.73 Å². The third-order valence-corrected chi connectivity index (χ3v) is 2.88. The summed E-state index contributed by atoms with van der Waals surface area (Å²) in [7, 11) is 0. The Morgan fingerprint density at radius 3 is 2.00 bits per heavy atom. The molecule has 3 aromatic rings. The van der Waals surface area contributed by atoms with Crippen LogP contribution in [0, 0.1) is 0 Å². The molecular formula is C14H14Cl2N2. The van der Waals surface area contributed by atoms with Crippen molar-refractivity contribution in [3.8, 4) is 0 Å². The molecular weight excluding hydrogens is 267 g/mol. The van der Waals surface area contributed by atoms with E-state index in [0.29, 0.717) is 6.54 Å². The molecule has 0 atom stereocenters. The molecule has 3 rings (SSSR count). The molecule has 0 aliphatic rings. The van der Waals surface area contributed by atoms with Crippen molar-refractivity contribution in [1.82, 2.24) is 4.98 Å². The van der Waals surface area contributed by atoms with Gasteiger partial charge in [-0.05, 0) is 11.5 Å². The van der Waals surface area contributed by atoms with Crippen LogP contribution < -0.4 is 5.73 Å². The average molecular weight is 281 g/mol. The molecule has 0 unspecified atom stereocenters. The Balaban J connectivity index is 0.000000810. The Kier molecular flexibility index (Phi) is 4.91. The molecule has 2 aromatic carbocycles. The molecule has 0 saturated heterocycles. The minimum absolute atomic E-state index is 0. The molecule has 0 radical (unpaired) electrons. The maximum Gasteiger partial charge on any atom is 0.0712 e. The van der Waals surface area contributed by atoms with Gasteiger partial charge in [0.25, 0.3) is 0 Å². The maximum atomic E-state index is 5.74. The molecule has 0 amide bonds. The normalized spacial score (nSPS) is 9.83. The standard InChI is InChI=1S/C14H12N2.2ClH/c15-9-14-12-7-2-1-5-10(12)11-6-3-4-8-13(11)16-14;;/h1-8H,9,15H2;2*1H. The van der Waals surface area contributed by atoms with Crippen molar-refractivity contribution < 1.29 is 0 Å². The van der Waals surface area contributed by atoms with Crippen molar-refractivity contribution in [1.29, 1.82) is 0 Å². The number of nitrogens with zero attached hydrogens (tertiary/aromatic N) is 1. The summed E-state index contributed by atoms with van der Waals surface area (Å²) >= 11 is 0. The van der Waals surface area contributed by atoms with Gasteiger partial charge in [-0.25, -0.2) is 0 Å². The van der Waals surface area contributed by atoms with Gasteiger partial charge in [-0.3, -0.25) is 4.98 Å². The molecule has 18 heavy (non-hydrogen) atoms. The molecule has 0 aliphatic heterocycles. The van der Waals surface area contributed by atoms with Crippen LogP contribution in [0.1, 0.15) is 5.69 Å². The fourth-order valence-corrected chi connectivity index (χ4v) is 2.13. The van der Waals surface area contributed by atoms with Gasteiger partial charge in [0.1, 0.15) is 0 Å². The van der Waals surface area contributed by atoms with Gasteiger partial charge in [-0.1, -0.05) is 42.5 Å². The van der Waals surface area contributed by atoms with E-state index in [-0.39, 0.29) is 24.8 Å². The highest BCUT2D eigenvalue weighted by Gasteiger charge is 2.05. The first-order valence-corrected chi connectivity index (χ1v) is 5.36. The van der Waals surface area contributed by atoms with Crippen LogP contribution >= 0.6 is 24.8 Å². The molecule has 4 heteroatoms. The number of nitrogens with two attached hydrogens (primary N) is 1. The molecule has 1 aromatic heterocycles. The summed E-state index contributed by atoms with van der Waals surface area (Å²) in [6, 6.07) is 16.5. The number of para-hydroxylation sites is 1. The van der Waals surface area contributed by atoms with Gasteiger partial charge in [0.05, 0.1) is 11.2 Å². The summed E-state index contributed by atoms with van der Waals surface area (Å²) in [6.45, 7) is 0.478. The highest BCUT2D eigenvalue weighted by Crippen LogP contribution is 2.25. The van der Waals surface area contributed by atoms with E-state index in [1.807, 2.05) is 24.3 Å². The highest BCUT2D eigenvalue weighted by atomic mass is 35.5. The molecule has 2 N–H and O–H groups in total. The first-order chi connectivity index (χ1) is 7.90. The molecule has 0 fully saturated rings. The van der Waals surface area contributed by atoms with Crippen LogP contribution in [0.4, 0.5) is 0 Å². The lowest BCUT2D eigenvalue weighted by Crippen LogP contribution is -2.01. The van der Waals surface area contributed by atoms with Crippen LogP contribution in [0.3, 0.4) is 0 Å². The largest absolute Gasteiger partial charge is 0.325 e. The fourth-order valence-electron chi connectivity index (χ4n) is 2.13. The predicted molar refractivity (Wildman–Crippen MR) is 81.6 cm³/mol. The average Bonchev–Trinajstić information content (AvgIpc) is 2.38. The summed E-state index contributed by atoms with van der Waals surface area (Å²) in [5, 5.41) is 3.58. The van der Waals surface area contributed by atoms with E-state index >= 15 is 0 Å². The molecule has 2 nitrogen and oxygen atoms in total. The summed E-state index contributed by atoms with van der Waals surface area (Å²) in [6.07, 6.45) is 0. The molecule has 94 valence electrons. The smallest absolute Gasteiger partial charge is 0.0712 e. The summed E-state index contributed by atoms with van der Waals surface area (Å²) < 4.78 is 0. The molecule has 0 spiro atoms. The van der Waals surface area contributed by atoms with Crippen molar-refractivity contribution in [3.63, 3.8) is 0 Å². The number of halogens is 2. The van der Waals surface area contributed by atoms with E-state index in [2.05, 4.69) is 29.2 Å². The van der Waals surface area contributed by atoms with Crippen molar-refractivity contribution in [3.05, 3.63) is 54.2 Å². The van der Waals surface area contributed by atoms with Gasteiger partial charge in [0.15, 0.2) is 0 Å². The number of benzene rings is 2. The van der Waals surface area contributed by atoms with Crippen molar-refractivity contribution >= 4 is 46.5 Å². The Labute approximate surface area is 118 Å². The van der Waals surface area contributed by atoms with Crippen molar-refractivity contribution in [2.24, 2.45) is 5.73 Å². The molecule has 1 heterocycles. The minimum atomic E-state index is 0. The van der Waals surface area contributed by atoms with E-state index in [1.165, 1.54) is 10.8 Å². The zero-order chi connectivity index (χ0) is 11.0. The van der Waals surface area contributed by atoms with Gasteiger partial charge >= 0.3 is 0 Å². The van der Waals surface area contributed by atoms with Crippen molar-refractivity contribution in [2.45, 2.75) is 6.54 Å². The summed E-state index contributed by atoms with van der Waals surface area (Å²) in [4.78, 5) is 4.60. The maximum absolute atomic E-state index is 5.74. The Bertz CT molecular complexity index is 668. The monoisotopic (exact) mass is 280 g/mol. The zero-order valence-corrected chi connectivity index (χ0v) is 11.3. The van der Waals surface area contributed by atoms with Crippen LogP contribution in [0.25, 0.3) is 21.7 Å². The molecule has 0 saturated carbocycles. The van der Waals surface area contributed by atoms with E-state index < -0.39 is 0 Å². The SMILES string of the molecule is Cl.Cl.NCc1nc2ccccc2c2ccccc12. The highest BCUT2D eigenvalue weighted by molar-refractivity contribution is 6.06. The molecule has 0 aliphatic carbocycles. The second kappa shape index (κ2) is 6.01. The van der Waals surface area contributed by atoms with Crippen LogP contribution in [-0.4, -0.2) is 4.98 Å². The van der Waals surface area contributed by atoms with Crippen molar-refractivity contribution in [2.75, 3.05) is 0 Å². The lowest BCUT2D eigenvalue weighted by Gasteiger charge is -2.07. The minimum Gasteiger partial charge on any atom is -0.325 e. The number of hydrogen-bond donors (Lipinski definition) is 1. The van der Waals surface area contributed by atoms with E-state index in [1.54, 1.807) is 0 Å². The van der Waals surface area contributed by atoms with Crippen LogP contribution in [0.5, 0.6) is 0 Å². The van der Waals surface area contributed by atoms with Gasteiger partial charge in [0.2, 0.25) is 0 Å². The quantitative estimate of drug-likeness (QED) is 0.691. The first-order valence-electron chi connectivity index (χ1n) is 5.36. The van der Waals surface area contributed by atoms with Crippen LogP contribution in [0.2, 0.25) is 0 Å². The number of aromatic nitrogens is 1. The second-order valence-electron chi connectivity index (χ2n) is 3.83. The van der Waals surface area contributed by atoms with E-state index in [0.717, 1.165) is 16.6 Å². The van der Waals surface area contributed by atoms with Gasteiger partial charge in [0, 0.05) is 17.3 Å². The number of fused-ring (bicyclic) bond motifs is 3. The third kappa shape index (κ3) is 2.27. The summed E-state index contributed by atoms with van der Waals surface area (Å²) in [5.41, 5.74) is 7.73. The summed E-state index contributed by atoms with van der Waals surface area (Å²) in [5.74, 6) is 0.